The number of pyridine rings is 1. The predicted octanol–water partition coefficient (Wildman–Crippen LogP) is 4.90. The Hall–Kier alpha value is -2.28. The largest absolute Gasteiger partial charge is 0.481 e. The molecule has 2 aliphatic carbocycles. The number of aliphatic hydroxyl groups is 2. The van der Waals surface area contributed by atoms with Crippen LogP contribution in [0, 0.1) is 5.82 Å². The van der Waals surface area contributed by atoms with E-state index in [0.717, 1.165) is 48.2 Å². The van der Waals surface area contributed by atoms with Gasteiger partial charge in [0.05, 0.1) is 29.3 Å². The van der Waals surface area contributed by atoms with Gasteiger partial charge in [-0.1, -0.05) is 23.8 Å². The highest BCUT2D eigenvalue weighted by Crippen LogP contribution is 2.47. The van der Waals surface area contributed by atoms with Crippen molar-refractivity contribution < 1.29 is 24.5 Å². The first kappa shape index (κ1) is 21.9. The first-order valence-corrected chi connectivity index (χ1v) is 11.0. The maximum Gasteiger partial charge on any atom is 0.305 e. The van der Waals surface area contributed by atoms with Crippen LogP contribution >= 0.6 is 11.6 Å². The molecule has 3 N–H and O–H groups in total. The number of carboxylic acids is 1. The van der Waals surface area contributed by atoms with Crippen LogP contribution in [0.5, 0.6) is 0 Å². The van der Waals surface area contributed by atoms with E-state index in [9.17, 15) is 19.4 Å². The van der Waals surface area contributed by atoms with Gasteiger partial charge in [0.25, 0.3) is 0 Å². The molecule has 1 aromatic carbocycles. The zero-order valence-electron chi connectivity index (χ0n) is 17.0. The topological polar surface area (TPSA) is 90.7 Å². The van der Waals surface area contributed by atoms with Crippen LogP contribution in [0.2, 0.25) is 5.02 Å². The van der Waals surface area contributed by atoms with E-state index in [2.05, 4.69) is 0 Å². The SMILES string of the molecule is O=C(O)C[C@H](O)C[C@H](O)/C=C/c1c(-c2ccc(F)cc2Cl)cc(C2CC2)nc1C1CC1. The summed E-state index contributed by atoms with van der Waals surface area (Å²) in [5.41, 5.74) is 4.35. The maximum atomic E-state index is 13.7. The van der Waals surface area contributed by atoms with Crippen LogP contribution < -0.4 is 0 Å². The van der Waals surface area contributed by atoms with E-state index in [4.69, 9.17) is 21.7 Å². The van der Waals surface area contributed by atoms with Crippen LogP contribution in [0.25, 0.3) is 17.2 Å². The predicted molar refractivity (Wildman–Crippen MR) is 117 cm³/mol. The fraction of sp³-hybridized carbons (Fsp3) is 0.417. The minimum absolute atomic E-state index is 0.0816. The van der Waals surface area contributed by atoms with Crippen LogP contribution in [0.1, 0.15) is 67.3 Å². The number of carbonyl (C=O) groups is 1. The number of hydrogen-bond acceptors (Lipinski definition) is 4. The molecule has 0 bridgehead atoms. The van der Waals surface area contributed by atoms with Crippen LogP contribution in [0.15, 0.2) is 30.3 Å². The van der Waals surface area contributed by atoms with E-state index in [0.29, 0.717) is 22.4 Å². The van der Waals surface area contributed by atoms with E-state index in [-0.39, 0.29) is 6.42 Å². The Morgan fingerprint density at radius 3 is 2.48 bits per heavy atom. The highest BCUT2D eigenvalue weighted by Gasteiger charge is 2.32. The summed E-state index contributed by atoms with van der Waals surface area (Å²) in [5.74, 6) is -0.753. The average Bonchev–Trinajstić information content (AvgIpc) is 3.58. The number of nitrogens with zero attached hydrogens (tertiary/aromatic N) is 1. The van der Waals surface area contributed by atoms with Gasteiger partial charge >= 0.3 is 5.97 Å². The fourth-order valence-corrected chi connectivity index (χ4v) is 4.08. The van der Waals surface area contributed by atoms with Crippen LogP contribution in [-0.2, 0) is 4.79 Å². The minimum atomic E-state index is -1.14. The summed E-state index contributed by atoms with van der Waals surface area (Å²) in [4.78, 5) is 15.7. The van der Waals surface area contributed by atoms with Crippen molar-refractivity contribution in [3.8, 4) is 11.1 Å². The third-order valence-electron chi connectivity index (χ3n) is 5.70. The zero-order chi connectivity index (χ0) is 22.1. The number of aliphatic hydroxyl groups excluding tert-OH is 2. The molecule has 164 valence electrons. The number of aliphatic carboxylic acids is 1. The molecule has 1 aromatic heterocycles. The smallest absolute Gasteiger partial charge is 0.305 e. The Morgan fingerprint density at radius 2 is 1.87 bits per heavy atom. The van der Waals surface area contributed by atoms with E-state index < -0.39 is 30.4 Å². The molecular formula is C24H25ClFNO4. The summed E-state index contributed by atoms with van der Waals surface area (Å²) in [7, 11) is 0. The van der Waals surface area contributed by atoms with E-state index in [1.54, 1.807) is 18.2 Å². The van der Waals surface area contributed by atoms with Crippen molar-refractivity contribution in [2.45, 2.75) is 62.6 Å². The van der Waals surface area contributed by atoms with Crippen molar-refractivity contribution in [1.82, 2.24) is 4.98 Å². The van der Waals surface area contributed by atoms with Crippen LogP contribution in [0.4, 0.5) is 4.39 Å². The summed E-state index contributed by atoms with van der Waals surface area (Å²) in [6.07, 6.45) is 4.94. The number of benzene rings is 1. The molecule has 0 unspecified atom stereocenters. The van der Waals surface area contributed by atoms with E-state index in [1.807, 2.05) is 6.07 Å². The van der Waals surface area contributed by atoms with Crippen molar-refractivity contribution in [2.24, 2.45) is 0 Å². The van der Waals surface area contributed by atoms with Gasteiger partial charge in [-0.05, 0) is 55.5 Å². The molecule has 0 spiro atoms. The Labute approximate surface area is 185 Å². The maximum absolute atomic E-state index is 13.7. The van der Waals surface area contributed by atoms with Gasteiger partial charge < -0.3 is 15.3 Å². The molecule has 31 heavy (non-hydrogen) atoms. The molecule has 2 saturated carbocycles. The molecule has 2 aliphatic rings. The molecule has 4 rings (SSSR count). The zero-order valence-corrected chi connectivity index (χ0v) is 17.7. The first-order valence-electron chi connectivity index (χ1n) is 10.6. The summed E-state index contributed by atoms with van der Waals surface area (Å²) < 4.78 is 13.7. The summed E-state index contributed by atoms with van der Waals surface area (Å²) in [5, 5.41) is 29.2. The van der Waals surface area contributed by atoms with Crippen molar-refractivity contribution in [3.05, 3.63) is 58.1 Å². The summed E-state index contributed by atoms with van der Waals surface area (Å²) >= 11 is 6.39. The fourth-order valence-electron chi connectivity index (χ4n) is 3.81. The van der Waals surface area contributed by atoms with Gasteiger partial charge in [-0.3, -0.25) is 9.78 Å². The lowest BCUT2D eigenvalue weighted by Gasteiger charge is -2.16. The van der Waals surface area contributed by atoms with Crippen molar-refractivity contribution >= 4 is 23.6 Å². The second kappa shape index (κ2) is 9.07. The highest BCUT2D eigenvalue weighted by atomic mass is 35.5. The molecule has 2 fully saturated rings. The molecule has 2 aromatic rings. The van der Waals surface area contributed by atoms with Gasteiger partial charge in [0.2, 0.25) is 0 Å². The third kappa shape index (κ3) is 5.50. The number of halogens is 2. The molecule has 5 nitrogen and oxygen atoms in total. The second-order valence-corrected chi connectivity index (χ2v) is 8.89. The molecule has 0 saturated heterocycles. The van der Waals surface area contributed by atoms with Crippen molar-refractivity contribution in [2.75, 3.05) is 0 Å². The monoisotopic (exact) mass is 445 g/mol. The molecule has 1 heterocycles. The van der Waals surface area contributed by atoms with E-state index in [1.165, 1.54) is 12.1 Å². The minimum Gasteiger partial charge on any atom is -0.481 e. The molecule has 0 aliphatic heterocycles. The van der Waals surface area contributed by atoms with Crippen molar-refractivity contribution in [1.29, 1.82) is 0 Å². The Morgan fingerprint density at radius 1 is 1.16 bits per heavy atom. The summed E-state index contributed by atoms with van der Waals surface area (Å²) in [6, 6.07) is 6.33. The standard InChI is InChI=1S/C24H25ClFNO4/c25-21-9-15(26)5-7-18(21)20-12-22(13-1-2-13)27-24(14-3-4-14)19(20)8-6-16(28)10-17(29)11-23(30)31/h5-9,12-14,16-17,28-29H,1-4,10-11H2,(H,30,31)/b8-6+/t16-,17-/m1/s1. The Balaban J connectivity index is 1.72. The molecular weight excluding hydrogens is 421 g/mol. The number of aromatic nitrogens is 1. The Kier molecular flexibility index (Phi) is 6.42. The first-order chi connectivity index (χ1) is 14.8. The third-order valence-corrected chi connectivity index (χ3v) is 6.01. The van der Waals surface area contributed by atoms with Gasteiger partial charge in [-0.25, -0.2) is 4.39 Å². The lowest BCUT2D eigenvalue weighted by molar-refractivity contribution is -0.139. The Bertz CT molecular complexity index is 1020. The van der Waals surface area contributed by atoms with Crippen molar-refractivity contribution in [3.63, 3.8) is 0 Å². The van der Waals surface area contributed by atoms with Gasteiger partial charge in [-0.15, -0.1) is 0 Å². The highest BCUT2D eigenvalue weighted by molar-refractivity contribution is 6.33. The lowest BCUT2D eigenvalue weighted by atomic mass is 9.94. The molecule has 0 radical (unpaired) electrons. The average molecular weight is 446 g/mol. The second-order valence-electron chi connectivity index (χ2n) is 8.48. The molecule has 7 heteroatoms. The van der Waals surface area contributed by atoms with Gasteiger partial charge in [-0.2, -0.15) is 0 Å². The lowest BCUT2D eigenvalue weighted by Crippen LogP contribution is -2.19. The summed E-state index contributed by atoms with van der Waals surface area (Å²) in [6.45, 7) is 0. The van der Waals surface area contributed by atoms with Crippen LogP contribution in [0.3, 0.4) is 0 Å². The number of carboxylic acid groups (broad SMARTS) is 1. The normalized spacial score (nSPS) is 18.3. The van der Waals surface area contributed by atoms with Gasteiger partial charge in [0, 0.05) is 35.1 Å². The van der Waals surface area contributed by atoms with Gasteiger partial charge in [0.15, 0.2) is 0 Å². The molecule has 0 amide bonds. The van der Waals surface area contributed by atoms with Gasteiger partial charge in [0.1, 0.15) is 5.82 Å². The molecule has 2 atom stereocenters. The van der Waals surface area contributed by atoms with E-state index >= 15 is 0 Å². The quantitative estimate of drug-likeness (QED) is 0.511. The number of hydrogen-bond donors (Lipinski definition) is 3. The number of rotatable bonds is 9. The van der Waals surface area contributed by atoms with Crippen LogP contribution in [-0.4, -0.2) is 38.5 Å².